The predicted molar refractivity (Wildman–Crippen MR) is 79.2 cm³/mol. The molecule has 0 saturated carbocycles. The molecule has 0 bridgehead atoms. The van der Waals surface area contributed by atoms with Crippen LogP contribution in [0.1, 0.15) is 26.3 Å². The molecule has 108 valence electrons. The summed E-state index contributed by atoms with van der Waals surface area (Å²) in [6.07, 6.45) is 0.512. The third kappa shape index (κ3) is 4.24. The Morgan fingerprint density at radius 2 is 2.05 bits per heavy atom. The molecule has 3 nitrogen and oxygen atoms in total. The highest BCUT2D eigenvalue weighted by Crippen LogP contribution is 2.28. The largest absolute Gasteiger partial charge is 0.379 e. The Morgan fingerprint density at radius 3 is 2.53 bits per heavy atom. The van der Waals surface area contributed by atoms with Gasteiger partial charge in [-0.3, -0.25) is 11.3 Å². The van der Waals surface area contributed by atoms with Crippen LogP contribution in [0.4, 0.5) is 4.39 Å². The number of hydrogen-bond acceptors (Lipinski definition) is 3. The van der Waals surface area contributed by atoms with E-state index in [4.69, 9.17) is 10.6 Å². The summed E-state index contributed by atoms with van der Waals surface area (Å²) in [6, 6.07) is 4.91. The van der Waals surface area contributed by atoms with Gasteiger partial charge in [0.1, 0.15) is 5.82 Å². The maximum absolute atomic E-state index is 13.5. The van der Waals surface area contributed by atoms with Crippen LogP contribution >= 0.6 is 15.9 Å². The molecule has 0 saturated heterocycles. The Bertz CT molecular complexity index is 420. The lowest BCUT2D eigenvalue weighted by atomic mass is 9.82. The highest BCUT2D eigenvalue weighted by Gasteiger charge is 2.32. The van der Waals surface area contributed by atoms with Gasteiger partial charge in [0.15, 0.2) is 0 Å². The summed E-state index contributed by atoms with van der Waals surface area (Å²) < 4.78 is 19.6. The van der Waals surface area contributed by atoms with Crippen molar-refractivity contribution in [3.63, 3.8) is 0 Å². The van der Waals surface area contributed by atoms with E-state index in [0.717, 1.165) is 5.56 Å². The molecule has 3 N–H and O–H groups in total. The maximum atomic E-state index is 13.5. The van der Waals surface area contributed by atoms with Gasteiger partial charge in [0.2, 0.25) is 0 Å². The van der Waals surface area contributed by atoms with Gasteiger partial charge in [-0.2, -0.15) is 0 Å². The van der Waals surface area contributed by atoms with E-state index < -0.39 is 0 Å². The minimum atomic E-state index is -0.266. The first kappa shape index (κ1) is 16.6. The molecular formula is C14H22BrFN2O. The summed E-state index contributed by atoms with van der Waals surface area (Å²) in [5, 5.41) is 0. The monoisotopic (exact) mass is 332 g/mol. The molecule has 1 aromatic rings. The number of hydrogen-bond donors (Lipinski definition) is 2. The van der Waals surface area contributed by atoms with Crippen molar-refractivity contribution in [1.82, 2.24) is 5.43 Å². The summed E-state index contributed by atoms with van der Waals surface area (Å²) in [5.41, 5.74) is 3.59. The molecule has 5 heteroatoms. The molecule has 0 heterocycles. The molecule has 0 radical (unpaired) electrons. The fraction of sp³-hybridized carbons (Fsp3) is 0.571. The molecule has 0 aliphatic heterocycles. The highest BCUT2D eigenvalue weighted by molar-refractivity contribution is 9.10. The number of methoxy groups -OCH3 is 1. The number of benzene rings is 1. The zero-order valence-electron chi connectivity index (χ0n) is 11.8. The van der Waals surface area contributed by atoms with Crippen molar-refractivity contribution in [2.45, 2.75) is 39.3 Å². The smallest absolute Gasteiger partial charge is 0.137 e. The van der Waals surface area contributed by atoms with Crippen LogP contribution in [-0.4, -0.2) is 19.3 Å². The fourth-order valence-corrected chi connectivity index (χ4v) is 2.74. The van der Waals surface area contributed by atoms with Crippen molar-refractivity contribution in [3.8, 4) is 0 Å². The lowest BCUT2D eigenvalue weighted by Crippen LogP contribution is -2.51. The van der Waals surface area contributed by atoms with E-state index in [1.165, 1.54) is 6.07 Å². The van der Waals surface area contributed by atoms with Gasteiger partial charge in [-0.1, -0.05) is 32.9 Å². The molecule has 1 aromatic carbocycles. The molecule has 0 fully saturated rings. The average molecular weight is 333 g/mol. The minimum Gasteiger partial charge on any atom is -0.379 e. The standard InChI is InChI=1S/C14H22BrFN2O/c1-14(2,3)13(19-4)11(18-17)8-9-6-5-7-10(16)12(9)15/h5-7,11,13,18H,8,17H2,1-4H3. The highest BCUT2D eigenvalue weighted by atomic mass is 79.9. The van der Waals surface area contributed by atoms with E-state index in [9.17, 15) is 4.39 Å². The molecule has 2 atom stereocenters. The van der Waals surface area contributed by atoms with Crippen LogP contribution in [-0.2, 0) is 11.2 Å². The maximum Gasteiger partial charge on any atom is 0.137 e. The van der Waals surface area contributed by atoms with Gasteiger partial charge < -0.3 is 4.74 Å². The number of rotatable bonds is 5. The molecule has 0 aliphatic carbocycles. The first-order valence-corrected chi connectivity index (χ1v) is 7.02. The molecule has 2 unspecified atom stereocenters. The Balaban J connectivity index is 2.96. The van der Waals surface area contributed by atoms with Crippen LogP contribution in [0.5, 0.6) is 0 Å². The summed E-state index contributed by atoms with van der Waals surface area (Å²) in [4.78, 5) is 0. The second-order valence-electron chi connectivity index (χ2n) is 5.71. The quantitative estimate of drug-likeness (QED) is 0.643. The van der Waals surface area contributed by atoms with E-state index in [-0.39, 0.29) is 23.4 Å². The van der Waals surface area contributed by atoms with Crippen molar-refractivity contribution in [3.05, 3.63) is 34.1 Å². The number of nitrogens with one attached hydrogen (secondary N) is 1. The van der Waals surface area contributed by atoms with Crippen molar-refractivity contribution >= 4 is 15.9 Å². The van der Waals surface area contributed by atoms with E-state index in [1.807, 2.05) is 6.07 Å². The predicted octanol–water partition coefficient (Wildman–Crippen LogP) is 3.02. The van der Waals surface area contributed by atoms with Crippen LogP contribution in [0.25, 0.3) is 0 Å². The van der Waals surface area contributed by atoms with Gasteiger partial charge >= 0.3 is 0 Å². The van der Waals surface area contributed by atoms with Crippen LogP contribution in [0.2, 0.25) is 0 Å². The van der Waals surface area contributed by atoms with E-state index in [0.29, 0.717) is 10.9 Å². The molecule has 0 aliphatic rings. The van der Waals surface area contributed by atoms with Gasteiger partial charge in [-0.25, -0.2) is 4.39 Å². The van der Waals surface area contributed by atoms with Gasteiger partial charge in [0.05, 0.1) is 16.6 Å². The molecule has 1 rings (SSSR count). The molecule has 19 heavy (non-hydrogen) atoms. The van der Waals surface area contributed by atoms with Crippen molar-refractivity contribution in [1.29, 1.82) is 0 Å². The van der Waals surface area contributed by atoms with Gasteiger partial charge in [-0.15, -0.1) is 0 Å². The first-order chi connectivity index (χ1) is 8.81. The minimum absolute atomic E-state index is 0.0639. The Labute approximate surface area is 122 Å². The fourth-order valence-electron chi connectivity index (χ4n) is 2.32. The second-order valence-corrected chi connectivity index (χ2v) is 6.51. The Morgan fingerprint density at radius 1 is 1.42 bits per heavy atom. The van der Waals surface area contributed by atoms with Crippen LogP contribution in [0.15, 0.2) is 22.7 Å². The van der Waals surface area contributed by atoms with Crippen LogP contribution < -0.4 is 11.3 Å². The third-order valence-corrected chi connectivity index (χ3v) is 4.05. The summed E-state index contributed by atoms with van der Waals surface area (Å²) in [7, 11) is 1.67. The lowest BCUT2D eigenvalue weighted by molar-refractivity contribution is -0.0111. The molecule has 0 aromatic heterocycles. The average Bonchev–Trinajstić information content (AvgIpc) is 2.32. The third-order valence-electron chi connectivity index (χ3n) is 3.16. The summed E-state index contributed by atoms with van der Waals surface area (Å²) in [5.74, 6) is 5.38. The number of hydrazine groups is 1. The van der Waals surface area contributed by atoms with Crippen molar-refractivity contribution < 1.29 is 9.13 Å². The topological polar surface area (TPSA) is 47.3 Å². The molecular weight excluding hydrogens is 311 g/mol. The van der Waals surface area contributed by atoms with Gasteiger partial charge in [0.25, 0.3) is 0 Å². The first-order valence-electron chi connectivity index (χ1n) is 6.23. The summed E-state index contributed by atoms with van der Waals surface area (Å²) in [6.45, 7) is 6.27. The van der Waals surface area contributed by atoms with Crippen LogP contribution in [0, 0.1) is 11.2 Å². The zero-order valence-corrected chi connectivity index (χ0v) is 13.4. The summed E-state index contributed by atoms with van der Waals surface area (Å²) >= 11 is 3.27. The van der Waals surface area contributed by atoms with Crippen molar-refractivity contribution in [2.75, 3.05) is 7.11 Å². The Kier molecular flexibility index (Phi) is 5.92. The van der Waals surface area contributed by atoms with E-state index >= 15 is 0 Å². The number of halogens is 2. The zero-order chi connectivity index (χ0) is 14.6. The second kappa shape index (κ2) is 6.79. The van der Waals surface area contributed by atoms with E-state index in [1.54, 1.807) is 13.2 Å². The van der Waals surface area contributed by atoms with Crippen molar-refractivity contribution in [2.24, 2.45) is 11.3 Å². The normalized spacial score (nSPS) is 15.3. The Hall–Kier alpha value is -0.490. The van der Waals surface area contributed by atoms with E-state index in [2.05, 4.69) is 42.1 Å². The van der Waals surface area contributed by atoms with Crippen LogP contribution in [0.3, 0.4) is 0 Å². The number of ether oxygens (including phenoxy) is 1. The number of nitrogens with two attached hydrogens (primary N) is 1. The lowest BCUT2D eigenvalue weighted by Gasteiger charge is -2.35. The SMILES string of the molecule is COC(C(Cc1cccc(F)c1Br)NN)C(C)(C)C. The molecule has 0 amide bonds. The van der Waals surface area contributed by atoms with Gasteiger partial charge in [-0.05, 0) is 39.4 Å². The van der Waals surface area contributed by atoms with Gasteiger partial charge in [0, 0.05) is 7.11 Å². The molecule has 0 spiro atoms.